The minimum absolute atomic E-state index is 0.000637. The van der Waals surface area contributed by atoms with E-state index in [1.165, 1.54) is 12.1 Å². The highest BCUT2D eigenvalue weighted by molar-refractivity contribution is 5.75. The Labute approximate surface area is 229 Å². The van der Waals surface area contributed by atoms with Crippen LogP contribution in [0.5, 0.6) is 5.75 Å². The van der Waals surface area contributed by atoms with E-state index in [9.17, 15) is 20.1 Å². The first kappa shape index (κ1) is 27.1. The number of carbonyl (C=O) groups is 1. The topological polar surface area (TPSA) is 105 Å². The Morgan fingerprint density at radius 2 is 1.74 bits per heavy atom. The van der Waals surface area contributed by atoms with Crippen molar-refractivity contribution in [3.8, 4) is 5.75 Å². The van der Waals surface area contributed by atoms with Crippen LogP contribution in [0.3, 0.4) is 0 Å². The number of esters is 1. The molecule has 0 N–H and O–H groups in total. The fraction of sp³-hybridized carbons (Fsp3) is 0.500. The second-order valence-electron chi connectivity index (χ2n) is 12.6. The lowest BCUT2D eigenvalue weighted by Gasteiger charge is -2.49. The number of anilines is 1. The molecule has 1 saturated heterocycles. The van der Waals surface area contributed by atoms with Crippen molar-refractivity contribution in [3.63, 3.8) is 0 Å². The van der Waals surface area contributed by atoms with E-state index in [1.807, 2.05) is 58.0 Å². The van der Waals surface area contributed by atoms with Gasteiger partial charge in [-0.3, -0.25) is 14.9 Å². The second kappa shape index (κ2) is 9.06. The number of nitro benzene ring substituents is 1. The molecule has 2 aromatic carbocycles. The van der Waals surface area contributed by atoms with Gasteiger partial charge in [-0.25, -0.2) is 0 Å². The summed E-state index contributed by atoms with van der Waals surface area (Å²) < 4.78 is 12.6. The summed E-state index contributed by atoms with van der Waals surface area (Å²) in [5.41, 5.74) is -0.0184. The highest BCUT2D eigenvalue weighted by Crippen LogP contribution is 2.55. The summed E-state index contributed by atoms with van der Waals surface area (Å²) in [5.74, 6) is 0.226. The number of hydrogen-bond acceptors (Lipinski definition) is 7. The Morgan fingerprint density at radius 3 is 2.41 bits per heavy atom. The van der Waals surface area contributed by atoms with Crippen LogP contribution in [-0.4, -0.2) is 45.4 Å². The molecule has 39 heavy (non-hydrogen) atoms. The maximum absolute atomic E-state index is 13.2. The van der Waals surface area contributed by atoms with Gasteiger partial charge >= 0.3 is 5.97 Å². The van der Waals surface area contributed by atoms with E-state index >= 15 is 0 Å². The van der Waals surface area contributed by atoms with Crippen LogP contribution in [-0.2, 0) is 20.2 Å². The van der Waals surface area contributed by atoms with Crippen molar-refractivity contribution in [1.29, 1.82) is 0 Å². The summed E-state index contributed by atoms with van der Waals surface area (Å²) in [7, 11) is 0. The number of ether oxygens (including phenoxy) is 2. The number of rotatable bonds is 5. The van der Waals surface area contributed by atoms with Crippen LogP contribution in [0.1, 0.15) is 71.9 Å². The molecule has 1 unspecified atom stereocenters. The largest absolute Gasteiger partial charge is 0.463 e. The van der Waals surface area contributed by atoms with Gasteiger partial charge in [-0.15, -0.1) is 10.3 Å². The van der Waals surface area contributed by atoms with Crippen LogP contribution in [0.25, 0.3) is 6.08 Å². The SMILES string of the molecule is CC1(C)CC(OC(=O)CCN2c3ccccc3C(C)(C)C23C=Cc2cc([N+](=O)[O-])ccc2O3)CC(C)(C)N1[O]. The van der Waals surface area contributed by atoms with E-state index < -0.39 is 27.1 Å². The number of hydrogen-bond donors (Lipinski definition) is 0. The molecule has 1 atom stereocenters. The summed E-state index contributed by atoms with van der Waals surface area (Å²) in [6.45, 7) is 12.1. The molecule has 0 saturated carbocycles. The molecule has 0 aromatic heterocycles. The lowest BCUT2D eigenvalue weighted by molar-refractivity contribution is -0.384. The van der Waals surface area contributed by atoms with Gasteiger partial charge < -0.3 is 14.4 Å². The zero-order valence-electron chi connectivity index (χ0n) is 23.4. The Kier molecular flexibility index (Phi) is 6.31. The standard InChI is InChI=1S/C30H36N3O6/c1-27(2)18-22(19-28(3,4)33(27)37)38-26(34)14-16-31-24-10-8-7-9-23(24)29(5,6)30(31)15-13-20-17-21(32(35)36)11-12-25(20)39-30/h7-13,15,17,22H,14,16,18-19H2,1-6H3. The van der Waals surface area contributed by atoms with Crippen molar-refractivity contribution < 1.29 is 24.4 Å². The third-order valence-electron chi connectivity index (χ3n) is 8.51. The number of piperidine rings is 1. The van der Waals surface area contributed by atoms with Crippen LogP contribution >= 0.6 is 0 Å². The van der Waals surface area contributed by atoms with E-state index in [2.05, 4.69) is 24.8 Å². The maximum atomic E-state index is 13.2. The van der Waals surface area contributed by atoms with E-state index in [0.29, 0.717) is 30.7 Å². The first-order valence-corrected chi connectivity index (χ1v) is 13.4. The lowest BCUT2D eigenvalue weighted by atomic mass is 9.76. The van der Waals surface area contributed by atoms with Crippen molar-refractivity contribution in [2.45, 2.75) is 89.1 Å². The molecule has 207 valence electrons. The molecular weight excluding hydrogens is 498 g/mol. The zero-order valence-corrected chi connectivity index (χ0v) is 23.4. The van der Waals surface area contributed by atoms with Gasteiger partial charge in [-0.1, -0.05) is 18.2 Å². The average Bonchev–Trinajstić information content (AvgIpc) is 3.03. The van der Waals surface area contributed by atoms with Crippen LogP contribution in [0.15, 0.2) is 48.5 Å². The molecule has 0 aliphatic carbocycles. The second-order valence-corrected chi connectivity index (χ2v) is 12.6. The molecule has 0 bridgehead atoms. The summed E-state index contributed by atoms with van der Waals surface area (Å²) in [4.78, 5) is 26.1. The van der Waals surface area contributed by atoms with Crippen molar-refractivity contribution in [2.24, 2.45) is 0 Å². The normalized spacial score (nSPS) is 24.6. The van der Waals surface area contributed by atoms with Gasteiger partial charge in [0.15, 0.2) is 0 Å². The summed E-state index contributed by atoms with van der Waals surface area (Å²) >= 11 is 0. The highest BCUT2D eigenvalue weighted by atomic mass is 16.6. The minimum atomic E-state index is -0.946. The van der Waals surface area contributed by atoms with Gasteiger partial charge in [0.1, 0.15) is 11.9 Å². The maximum Gasteiger partial charge on any atom is 0.307 e. The molecule has 5 rings (SSSR count). The number of nitrogens with zero attached hydrogens (tertiary/aromatic N) is 3. The van der Waals surface area contributed by atoms with E-state index in [1.54, 1.807) is 6.07 Å². The summed E-state index contributed by atoms with van der Waals surface area (Å²) in [5, 5.41) is 25.1. The van der Waals surface area contributed by atoms with E-state index in [0.717, 1.165) is 16.3 Å². The monoisotopic (exact) mass is 534 g/mol. The number of para-hydroxylation sites is 1. The van der Waals surface area contributed by atoms with Crippen LogP contribution < -0.4 is 9.64 Å². The van der Waals surface area contributed by atoms with Gasteiger partial charge in [-0.05, 0) is 71.4 Å². The van der Waals surface area contributed by atoms with Gasteiger partial charge in [0.05, 0.1) is 16.8 Å². The van der Waals surface area contributed by atoms with Gasteiger partial charge in [0, 0.05) is 53.8 Å². The number of carbonyl (C=O) groups excluding carboxylic acids is 1. The molecule has 2 aromatic rings. The van der Waals surface area contributed by atoms with Gasteiger partial charge in [0.2, 0.25) is 5.72 Å². The van der Waals surface area contributed by atoms with Crippen LogP contribution in [0, 0.1) is 10.1 Å². The quantitative estimate of drug-likeness (QED) is 0.271. The first-order chi connectivity index (χ1) is 18.2. The third-order valence-corrected chi connectivity index (χ3v) is 8.51. The molecule has 0 amide bonds. The fourth-order valence-electron chi connectivity index (χ4n) is 6.69. The third kappa shape index (κ3) is 4.37. The Morgan fingerprint density at radius 1 is 1.08 bits per heavy atom. The summed E-state index contributed by atoms with van der Waals surface area (Å²) in [6.07, 6.45) is 4.56. The Bertz CT molecular complexity index is 1330. The van der Waals surface area contributed by atoms with Crippen molar-refractivity contribution in [2.75, 3.05) is 11.4 Å². The van der Waals surface area contributed by atoms with Gasteiger partial charge in [-0.2, -0.15) is 0 Å². The number of nitro groups is 1. The Hall–Kier alpha value is -3.43. The Balaban J connectivity index is 1.40. The van der Waals surface area contributed by atoms with Crippen molar-refractivity contribution >= 4 is 23.4 Å². The van der Waals surface area contributed by atoms with Crippen LogP contribution in [0.2, 0.25) is 0 Å². The van der Waals surface area contributed by atoms with Crippen molar-refractivity contribution in [3.05, 3.63) is 69.8 Å². The van der Waals surface area contributed by atoms with E-state index in [4.69, 9.17) is 9.47 Å². The predicted octanol–water partition coefficient (Wildman–Crippen LogP) is 5.79. The van der Waals surface area contributed by atoms with Crippen molar-refractivity contribution in [1.82, 2.24) is 5.06 Å². The number of non-ortho nitro benzene ring substituents is 1. The predicted molar refractivity (Wildman–Crippen MR) is 147 cm³/mol. The van der Waals surface area contributed by atoms with Gasteiger partial charge in [0.25, 0.3) is 5.69 Å². The number of hydroxylamine groups is 2. The lowest BCUT2D eigenvalue weighted by Crippen LogP contribution is -2.60. The first-order valence-electron chi connectivity index (χ1n) is 13.4. The number of fused-ring (bicyclic) bond motifs is 2. The molecule has 1 radical (unpaired) electrons. The molecule has 9 heteroatoms. The minimum Gasteiger partial charge on any atom is -0.463 e. The molecular formula is C30H36N3O6. The zero-order chi connectivity index (χ0) is 28.4. The average molecular weight is 535 g/mol. The number of benzene rings is 2. The molecule has 1 fully saturated rings. The smallest absolute Gasteiger partial charge is 0.307 e. The fourth-order valence-corrected chi connectivity index (χ4v) is 6.69. The molecule has 1 spiro atoms. The molecule has 3 aliphatic heterocycles. The highest BCUT2D eigenvalue weighted by Gasteiger charge is 2.58. The summed E-state index contributed by atoms with van der Waals surface area (Å²) in [6, 6.07) is 12.6. The molecule has 3 heterocycles. The molecule has 3 aliphatic rings. The van der Waals surface area contributed by atoms with E-state index in [-0.39, 0.29) is 24.2 Å². The molecule has 9 nitrogen and oxygen atoms in total. The van der Waals surface area contributed by atoms with Crippen LogP contribution in [0.4, 0.5) is 11.4 Å².